The minimum Gasteiger partial charge on any atom is -0.352 e. The molecule has 2 aromatic heterocycles. The second-order valence-electron chi connectivity index (χ2n) is 5.12. The van der Waals surface area contributed by atoms with Crippen LogP contribution in [-0.2, 0) is 20.1 Å². The van der Waals surface area contributed by atoms with Crippen molar-refractivity contribution in [2.24, 2.45) is 7.05 Å². The first-order chi connectivity index (χ1) is 10.1. The summed E-state index contributed by atoms with van der Waals surface area (Å²) in [6, 6.07) is 1.54. The van der Waals surface area contributed by atoms with Gasteiger partial charge in [-0.15, -0.1) is 0 Å². The lowest BCUT2D eigenvalue weighted by atomic mass is 10.2. The Morgan fingerprint density at radius 1 is 1.38 bits per heavy atom. The van der Waals surface area contributed by atoms with Gasteiger partial charge >= 0.3 is 0 Å². The maximum Gasteiger partial charge on any atom is 0.141 e. The number of rotatable bonds is 7. The third-order valence-electron chi connectivity index (χ3n) is 3.31. The molecule has 21 heavy (non-hydrogen) atoms. The average molecular weight is 291 g/mol. The van der Waals surface area contributed by atoms with Crippen LogP contribution in [0.4, 0.5) is 10.2 Å². The van der Waals surface area contributed by atoms with E-state index in [-0.39, 0.29) is 5.82 Å². The largest absolute Gasteiger partial charge is 0.352 e. The van der Waals surface area contributed by atoms with E-state index in [1.165, 1.54) is 6.20 Å². The molecule has 0 radical (unpaired) electrons. The van der Waals surface area contributed by atoms with Crippen LogP contribution < -0.4 is 10.2 Å². The summed E-state index contributed by atoms with van der Waals surface area (Å²) in [5.41, 5.74) is 0.861. The molecule has 0 unspecified atom stereocenters. The Kier molecular flexibility index (Phi) is 5.27. The summed E-state index contributed by atoms with van der Waals surface area (Å²) in [7, 11) is 3.90. The Bertz CT molecular complexity index is 581. The Balaban J connectivity index is 2.15. The summed E-state index contributed by atoms with van der Waals surface area (Å²) < 4.78 is 15.4. The van der Waals surface area contributed by atoms with Gasteiger partial charge in [0.1, 0.15) is 17.5 Å². The van der Waals surface area contributed by atoms with E-state index in [9.17, 15) is 4.39 Å². The Morgan fingerprint density at radius 3 is 2.86 bits per heavy atom. The number of halogens is 1. The van der Waals surface area contributed by atoms with E-state index in [4.69, 9.17) is 0 Å². The van der Waals surface area contributed by atoms with Gasteiger partial charge in [-0.3, -0.25) is 0 Å². The van der Waals surface area contributed by atoms with Gasteiger partial charge in [-0.1, -0.05) is 6.92 Å². The Hall–Kier alpha value is -1.95. The predicted octanol–water partition coefficient (Wildman–Crippen LogP) is 2.09. The zero-order chi connectivity index (χ0) is 15.2. The summed E-state index contributed by atoms with van der Waals surface area (Å²) in [5, 5.41) is 3.29. The van der Waals surface area contributed by atoms with Crippen LogP contribution in [-0.4, -0.2) is 28.1 Å². The molecule has 2 heterocycles. The third kappa shape index (κ3) is 4.01. The molecule has 1 N–H and O–H groups in total. The highest BCUT2D eigenvalue weighted by Gasteiger charge is 2.12. The van der Waals surface area contributed by atoms with E-state index < -0.39 is 0 Å². The molecule has 2 rings (SSSR count). The van der Waals surface area contributed by atoms with Crippen molar-refractivity contribution < 1.29 is 4.39 Å². The minimum absolute atomic E-state index is 0.308. The van der Waals surface area contributed by atoms with Crippen molar-refractivity contribution in [1.82, 2.24) is 19.9 Å². The molecule has 2 aromatic rings. The van der Waals surface area contributed by atoms with E-state index in [2.05, 4.69) is 22.2 Å². The summed E-state index contributed by atoms with van der Waals surface area (Å²) in [5.74, 6) is 1.41. The molecule has 0 saturated carbocycles. The summed E-state index contributed by atoms with van der Waals surface area (Å²) in [6.45, 7) is 4.24. The molecule has 0 bridgehead atoms. The molecule has 0 saturated heterocycles. The Morgan fingerprint density at radius 2 is 2.19 bits per heavy atom. The monoisotopic (exact) mass is 291 g/mol. The van der Waals surface area contributed by atoms with Crippen LogP contribution in [0.3, 0.4) is 0 Å². The first-order valence-corrected chi connectivity index (χ1v) is 7.14. The second-order valence-corrected chi connectivity index (χ2v) is 5.12. The first kappa shape index (κ1) is 15.4. The molecule has 5 nitrogen and oxygen atoms in total. The van der Waals surface area contributed by atoms with E-state index in [0.717, 1.165) is 30.2 Å². The van der Waals surface area contributed by atoms with Crippen LogP contribution in [0.1, 0.15) is 24.7 Å². The topological polar surface area (TPSA) is 46.0 Å². The zero-order valence-corrected chi connectivity index (χ0v) is 12.8. The lowest BCUT2D eigenvalue weighted by molar-refractivity contribution is 0.609. The average Bonchev–Trinajstić information content (AvgIpc) is 2.84. The molecule has 0 atom stereocenters. The molecule has 114 valence electrons. The predicted molar refractivity (Wildman–Crippen MR) is 81.5 cm³/mol. The van der Waals surface area contributed by atoms with Gasteiger partial charge in [-0.2, -0.15) is 0 Å². The van der Waals surface area contributed by atoms with Gasteiger partial charge in [0.2, 0.25) is 0 Å². The van der Waals surface area contributed by atoms with Crippen molar-refractivity contribution >= 4 is 5.82 Å². The molecule has 0 aromatic carbocycles. The number of nitrogens with zero attached hydrogens (tertiary/aromatic N) is 4. The van der Waals surface area contributed by atoms with Crippen LogP contribution in [0.5, 0.6) is 0 Å². The lowest BCUT2D eigenvalue weighted by Gasteiger charge is -2.21. The van der Waals surface area contributed by atoms with Crippen LogP contribution in [0, 0.1) is 5.82 Å². The van der Waals surface area contributed by atoms with Gasteiger partial charge < -0.3 is 14.8 Å². The quantitative estimate of drug-likeness (QED) is 0.794. The van der Waals surface area contributed by atoms with Crippen molar-refractivity contribution in [2.75, 3.05) is 18.5 Å². The second kappa shape index (κ2) is 7.17. The number of hydrogen-bond acceptors (Lipinski definition) is 4. The number of imidazole rings is 1. The number of hydrogen-bond donors (Lipinski definition) is 1. The smallest absolute Gasteiger partial charge is 0.141 e. The molecule has 0 spiro atoms. The van der Waals surface area contributed by atoms with Gasteiger partial charge in [0.25, 0.3) is 0 Å². The minimum atomic E-state index is -0.308. The summed E-state index contributed by atoms with van der Waals surface area (Å²) >= 11 is 0. The number of aromatic nitrogens is 3. The fraction of sp³-hybridized carbons (Fsp3) is 0.467. The van der Waals surface area contributed by atoms with Gasteiger partial charge in [0.05, 0.1) is 12.7 Å². The molecule has 0 fully saturated rings. The number of nitrogens with one attached hydrogen (secondary N) is 1. The highest BCUT2D eigenvalue weighted by atomic mass is 19.1. The molecule has 6 heteroatoms. The van der Waals surface area contributed by atoms with Crippen molar-refractivity contribution in [3.8, 4) is 0 Å². The van der Waals surface area contributed by atoms with Crippen LogP contribution >= 0.6 is 0 Å². The molecular formula is C15H22FN5. The van der Waals surface area contributed by atoms with Crippen LogP contribution in [0.2, 0.25) is 0 Å². The van der Waals surface area contributed by atoms with Crippen LogP contribution in [0.25, 0.3) is 0 Å². The number of pyridine rings is 1. The van der Waals surface area contributed by atoms with Gasteiger partial charge in [-0.25, -0.2) is 14.4 Å². The summed E-state index contributed by atoms with van der Waals surface area (Å²) in [4.78, 5) is 10.5. The maximum absolute atomic E-state index is 13.4. The van der Waals surface area contributed by atoms with Gasteiger partial charge in [0, 0.05) is 38.6 Å². The molecular weight excluding hydrogens is 269 g/mol. The van der Waals surface area contributed by atoms with Gasteiger partial charge in [-0.05, 0) is 19.0 Å². The molecule has 0 amide bonds. The van der Waals surface area contributed by atoms with Crippen LogP contribution in [0.15, 0.2) is 24.7 Å². The Labute approximate surface area is 124 Å². The van der Waals surface area contributed by atoms with E-state index in [1.54, 1.807) is 12.3 Å². The maximum atomic E-state index is 13.4. The molecule has 0 aliphatic heterocycles. The normalized spacial score (nSPS) is 10.9. The SMILES string of the molecule is CCCNCc1cc(F)cnc1N(C)Cc1nccn1C. The highest BCUT2D eigenvalue weighted by Crippen LogP contribution is 2.19. The molecule has 0 aliphatic rings. The number of aryl methyl sites for hydroxylation is 1. The summed E-state index contributed by atoms with van der Waals surface area (Å²) in [6.07, 6.45) is 5.98. The number of anilines is 1. The van der Waals surface area contributed by atoms with Crippen molar-refractivity contribution in [2.45, 2.75) is 26.4 Å². The van der Waals surface area contributed by atoms with E-state index in [0.29, 0.717) is 13.1 Å². The van der Waals surface area contributed by atoms with Gasteiger partial charge in [0.15, 0.2) is 0 Å². The van der Waals surface area contributed by atoms with Crippen molar-refractivity contribution in [3.05, 3.63) is 41.9 Å². The first-order valence-electron chi connectivity index (χ1n) is 7.14. The lowest BCUT2D eigenvalue weighted by Crippen LogP contribution is -2.23. The van der Waals surface area contributed by atoms with E-state index in [1.807, 2.05) is 29.8 Å². The fourth-order valence-electron chi connectivity index (χ4n) is 2.18. The third-order valence-corrected chi connectivity index (χ3v) is 3.31. The molecule has 0 aliphatic carbocycles. The zero-order valence-electron chi connectivity index (χ0n) is 12.8. The van der Waals surface area contributed by atoms with Crippen molar-refractivity contribution in [3.63, 3.8) is 0 Å². The fourth-order valence-corrected chi connectivity index (χ4v) is 2.18. The highest BCUT2D eigenvalue weighted by molar-refractivity contribution is 5.46. The van der Waals surface area contributed by atoms with E-state index >= 15 is 0 Å². The standard InChI is InChI=1S/C15H22FN5/c1-4-5-17-9-12-8-13(16)10-19-15(12)21(3)11-14-18-6-7-20(14)2/h6-8,10,17H,4-5,9,11H2,1-3H3. The van der Waals surface area contributed by atoms with Crippen molar-refractivity contribution in [1.29, 1.82) is 0 Å².